The van der Waals surface area contributed by atoms with Gasteiger partial charge in [-0.2, -0.15) is 0 Å². The molecule has 0 aliphatic heterocycles. The quantitative estimate of drug-likeness (QED) is 0.744. The molecule has 1 fully saturated rings. The maximum absolute atomic E-state index is 11.3. The third-order valence-electron chi connectivity index (χ3n) is 2.56. The summed E-state index contributed by atoms with van der Waals surface area (Å²) in [7, 11) is 0. The van der Waals surface area contributed by atoms with Crippen molar-refractivity contribution in [3.63, 3.8) is 0 Å². The summed E-state index contributed by atoms with van der Waals surface area (Å²) in [5, 5.41) is 0. The SMILES string of the molecule is O=c1cc(-n2ccnc2)cc(C2CC2)o1. The van der Waals surface area contributed by atoms with Crippen molar-refractivity contribution in [2.24, 2.45) is 0 Å². The van der Waals surface area contributed by atoms with Crippen molar-refractivity contribution in [1.82, 2.24) is 9.55 Å². The number of rotatable bonds is 2. The van der Waals surface area contributed by atoms with Crippen molar-refractivity contribution in [1.29, 1.82) is 0 Å². The molecule has 0 spiro atoms. The molecule has 76 valence electrons. The molecule has 1 aliphatic carbocycles. The Hall–Kier alpha value is -1.84. The van der Waals surface area contributed by atoms with E-state index in [9.17, 15) is 4.79 Å². The lowest BCUT2D eigenvalue weighted by Gasteiger charge is -2.02. The molecule has 0 unspecified atom stereocenters. The molecule has 15 heavy (non-hydrogen) atoms. The average molecular weight is 202 g/mol. The monoisotopic (exact) mass is 202 g/mol. The number of hydrogen-bond donors (Lipinski definition) is 0. The van der Waals surface area contributed by atoms with E-state index in [0.717, 1.165) is 24.3 Å². The summed E-state index contributed by atoms with van der Waals surface area (Å²) in [6, 6.07) is 3.40. The fraction of sp³-hybridized carbons (Fsp3) is 0.273. The zero-order chi connectivity index (χ0) is 10.3. The van der Waals surface area contributed by atoms with Crippen LogP contribution >= 0.6 is 0 Å². The predicted octanol–water partition coefficient (Wildman–Crippen LogP) is 1.70. The van der Waals surface area contributed by atoms with Gasteiger partial charge >= 0.3 is 5.63 Å². The van der Waals surface area contributed by atoms with E-state index in [0.29, 0.717) is 5.92 Å². The van der Waals surface area contributed by atoms with Crippen LogP contribution in [0.5, 0.6) is 0 Å². The summed E-state index contributed by atoms with van der Waals surface area (Å²) >= 11 is 0. The van der Waals surface area contributed by atoms with Gasteiger partial charge in [-0.05, 0) is 12.8 Å². The highest BCUT2D eigenvalue weighted by molar-refractivity contribution is 5.32. The van der Waals surface area contributed by atoms with E-state index in [-0.39, 0.29) is 5.63 Å². The summed E-state index contributed by atoms with van der Waals surface area (Å²) < 4.78 is 6.96. The Morgan fingerprint density at radius 3 is 2.93 bits per heavy atom. The van der Waals surface area contributed by atoms with Crippen LogP contribution in [-0.2, 0) is 0 Å². The molecular formula is C11H10N2O2. The first kappa shape index (κ1) is 8.47. The maximum atomic E-state index is 11.3. The molecule has 2 aromatic heterocycles. The minimum atomic E-state index is -0.289. The lowest BCUT2D eigenvalue weighted by atomic mass is 10.2. The number of hydrogen-bond acceptors (Lipinski definition) is 3. The Balaban J connectivity index is 2.11. The van der Waals surface area contributed by atoms with Gasteiger partial charge in [0.25, 0.3) is 0 Å². The summed E-state index contributed by atoms with van der Waals surface area (Å²) in [5.74, 6) is 1.24. The van der Waals surface area contributed by atoms with Crippen molar-refractivity contribution < 1.29 is 4.42 Å². The van der Waals surface area contributed by atoms with E-state index in [1.54, 1.807) is 12.5 Å². The van der Waals surface area contributed by atoms with Gasteiger partial charge in [-0.1, -0.05) is 0 Å². The molecule has 0 radical (unpaired) electrons. The van der Waals surface area contributed by atoms with Gasteiger partial charge in [0.05, 0.1) is 12.0 Å². The van der Waals surface area contributed by atoms with E-state index in [4.69, 9.17) is 4.42 Å². The Bertz CT molecular complexity index is 524. The Labute approximate surface area is 86.2 Å². The molecule has 4 heteroatoms. The van der Waals surface area contributed by atoms with Crippen LogP contribution in [0, 0.1) is 0 Å². The van der Waals surface area contributed by atoms with Crippen LogP contribution < -0.4 is 5.63 Å². The molecule has 0 amide bonds. The van der Waals surface area contributed by atoms with Gasteiger partial charge in [-0.3, -0.25) is 0 Å². The van der Waals surface area contributed by atoms with Crippen molar-refractivity contribution in [2.45, 2.75) is 18.8 Å². The third kappa shape index (κ3) is 1.58. The number of aromatic nitrogens is 2. The highest BCUT2D eigenvalue weighted by atomic mass is 16.4. The van der Waals surface area contributed by atoms with E-state index >= 15 is 0 Å². The first-order valence-electron chi connectivity index (χ1n) is 4.96. The molecule has 2 aromatic rings. The summed E-state index contributed by atoms with van der Waals surface area (Å²) in [6.45, 7) is 0. The van der Waals surface area contributed by atoms with Gasteiger partial charge in [-0.15, -0.1) is 0 Å². The van der Waals surface area contributed by atoms with Crippen LogP contribution in [0.1, 0.15) is 24.5 Å². The molecule has 3 rings (SSSR count). The average Bonchev–Trinajstić information content (AvgIpc) is 2.93. The highest BCUT2D eigenvalue weighted by Crippen LogP contribution is 2.39. The molecule has 0 N–H and O–H groups in total. The Morgan fingerprint density at radius 1 is 1.40 bits per heavy atom. The summed E-state index contributed by atoms with van der Waals surface area (Å²) in [5.41, 5.74) is 0.536. The van der Waals surface area contributed by atoms with Crippen LogP contribution in [0.15, 0.2) is 40.1 Å². The van der Waals surface area contributed by atoms with Crippen LogP contribution in [0.3, 0.4) is 0 Å². The molecule has 1 aliphatic rings. The second-order valence-electron chi connectivity index (χ2n) is 3.78. The normalized spacial score (nSPS) is 15.5. The van der Waals surface area contributed by atoms with Gasteiger partial charge in [-0.25, -0.2) is 9.78 Å². The lowest BCUT2D eigenvalue weighted by molar-refractivity contribution is 0.460. The van der Waals surface area contributed by atoms with Crippen LogP contribution in [0.2, 0.25) is 0 Å². The van der Waals surface area contributed by atoms with Crippen LogP contribution in [0.25, 0.3) is 5.69 Å². The standard InChI is InChI=1S/C11H10N2O2/c14-11-6-9(13-4-3-12-7-13)5-10(15-11)8-1-2-8/h3-8H,1-2H2. The molecule has 4 nitrogen and oxygen atoms in total. The Kier molecular flexibility index (Phi) is 1.74. The fourth-order valence-corrected chi connectivity index (χ4v) is 1.61. The van der Waals surface area contributed by atoms with Gasteiger partial charge < -0.3 is 8.98 Å². The van der Waals surface area contributed by atoms with Crippen LogP contribution in [-0.4, -0.2) is 9.55 Å². The first-order chi connectivity index (χ1) is 7.33. The summed E-state index contributed by atoms with van der Waals surface area (Å²) in [4.78, 5) is 15.3. The van der Waals surface area contributed by atoms with Crippen molar-refractivity contribution >= 4 is 0 Å². The van der Waals surface area contributed by atoms with E-state index in [1.165, 1.54) is 6.07 Å². The molecule has 0 bridgehead atoms. The van der Waals surface area contributed by atoms with Gasteiger partial charge in [0.1, 0.15) is 5.76 Å². The molecule has 2 heterocycles. The zero-order valence-electron chi connectivity index (χ0n) is 8.09. The van der Waals surface area contributed by atoms with Crippen molar-refractivity contribution in [3.8, 4) is 5.69 Å². The fourth-order valence-electron chi connectivity index (χ4n) is 1.61. The molecule has 1 saturated carbocycles. The van der Waals surface area contributed by atoms with Crippen molar-refractivity contribution in [2.75, 3.05) is 0 Å². The minimum Gasteiger partial charge on any atom is -0.427 e. The maximum Gasteiger partial charge on any atom is 0.337 e. The van der Waals surface area contributed by atoms with Gasteiger partial charge in [0.15, 0.2) is 0 Å². The molecular weight excluding hydrogens is 192 g/mol. The third-order valence-corrected chi connectivity index (χ3v) is 2.56. The van der Waals surface area contributed by atoms with Crippen LogP contribution in [0.4, 0.5) is 0 Å². The smallest absolute Gasteiger partial charge is 0.337 e. The first-order valence-corrected chi connectivity index (χ1v) is 4.96. The summed E-state index contributed by atoms with van der Waals surface area (Å²) in [6.07, 6.45) is 7.41. The second-order valence-corrected chi connectivity index (χ2v) is 3.78. The number of imidazole rings is 1. The van der Waals surface area contributed by atoms with E-state index < -0.39 is 0 Å². The lowest BCUT2D eigenvalue weighted by Crippen LogP contribution is -2.03. The minimum absolute atomic E-state index is 0.289. The van der Waals surface area contributed by atoms with Gasteiger partial charge in [0.2, 0.25) is 0 Å². The van der Waals surface area contributed by atoms with Gasteiger partial charge in [0, 0.05) is 30.4 Å². The zero-order valence-corrected chi connectivity index (χ0v) is 8.09. The predicted molar refractivity (Wildman–Crippen MR) is 54.1 cm³/mol. The van der Waals surface area contributed by atoms with E-state index in [1.807, 2.05) is 16.8 Å². The second kappa shape index (κ2) is 3.08. The molecule has 0 aromatic carbocycles. The Morgan fingerprint density at radius 2 is 2.27 bits per heavy atom. The molecule has 0 atom stereocenters. The topological polar surface area (TPSA) is 48.0 Å². The van der Waals surface area contributed by atoms with E-state index in [2.05, 4.69) is 4.98 Å². The molecule has 0 saturated heterocycles. The number of nitrogens with zero attached hydrogens (tertiary/aromatic N) is 2. The largest absolute Gasteiger partial charge is 0.427 e. The highest BCUT2D eigenvalue weighted by Gasteiger charge is 2.26. The van der Waals surface area contributed by atoms with Crippen molar-refractivity contribution in [3.05, 3.63) is 47.0 Å².